The number of hydrogen-bond acceptors (Lipinski definition) is 7. The number of hydroxylamine groups is 2. The zero-order chi connectivity index (χ0) is 19.1. The summed E-state index contributed by atoms with van der Waals surface area (Å²) in [6.45, 7) is 1.15. The summed E-state index contributed by atoms with van der Waals surface area (Å²) in [5.41, 5.74) is 0.377. The second kappa shape index (κ2) is 6.82. The predicted octanol–water partition coefficient (Wildman–Crippen LogP) is -0.728. The van der Waals surface area contributed by atoms with E-state index in [4.69, 9.17) is 4.74 Å². The SMILES string of the molecule is CC(=O)[NH+]([O-])C[C@@H]1CN(c2ccc(N3CCS(=O)(=O)C3)c(F)c2)C(=O)O1. The van der Waals surface area contributed by atoms with Crippen LogP contribution in [0.4, 0.5) is 20.6 Å². The van der Waals surface area contributed by atoms with Crippen molar-refractivity contribution in [3.63, 3.8) is 0 Å². The molecule has 0 spiro atoms. The second-order valence-corrected chi connectivity index (χ2v) is 8.43. The molecule has 2 fully saturated rings. The minimum atomic E-state index is -3.21. The third-order valence-corrected chi connectivity index (χ3v) is 5.80. The number of ether oxygens (including phenoxy) is 1. The van der Waals surface area contributed by atoms with Crippen molar-refractivity contribution < 1.29 is 32.2 Å². The number of nitrogens with zero attached hydrogens (tertiary/aromatic N) is 2. The normalized spacial score (nSPS) is 23.2. The van der Waals surface area contributed by atoms with Crippen LogP contribution in [0.1, 0.15) is 6.92 Å². The number of carbonyl (C=O) groups is 2. The molecule has 2 aliphatic rings. The van der Waals surface area contributed by atoms with Gasteiger partial charge in [0.2, 0.25) is 0 Å². The molecule has 142 valence electrons. The highest BCUT2D eigenvalue weighted by atomic mass is 32.2. The Bertz CT molecular complexity index is 846. The molecule has 3 rings (SSSR count). The number of cyclic esters (lactones) is 1. The van der Waals surface area contributed by atoms with Gasteiger partial charge in [0.15, 0.2) is 15.9 Å². The Morgan fingerprint density at radius 1 is 1.46 bits per heavy atom. The van der Waals surface area contributed by atoms with Gasteiger partial charge in [0.05, 0.1) is 30.6 Å². The van der Waals surface area contributed by atoms with Crippen LogP contribution in [-0.2, 0) is 19.4 Å². The predicted molar refractivity (Wildman–Crippen MR) is 89.9 cm³/mol. The number of benzene rings is 1. The van der Waals surface area contributed by atoms with Crippen molar-refractivity contribution in [3.8, 4) is 0 Å². The lowest BCUT2D eigenvalue weighted by Gasteiger charge is -2.20. The Kier molecular flexibility index (Phi) is 4.86. The molecule has 0 saturated carbocycles. The molecular formula is C15H18FN3O6S. The standard InChI is InChI=1S/C15H18FN3O6S/c1-10(20)19(22)8-12-7-18(15(21)25-12)11-2-3-14(13(16)6-11)17-4-5-26(23,24)9-17/h2-3,6,12,19H,4-5,7-9H2,1H3/t12-/m0/s1. The summed E-state index contributed by atoms with van der Waals surface area (Å²) in [7, 11) is -3.21. The number of anilines is 2. The first-order valence-electron chi connectivity index (χ1n) is 7.93. The number of hydrogen-bond donors (Lipinski definition) is 1. The molecule has 9 nitrogen and oxygen atoms in total. The lowest BCUT2D eigenvalue weighted by Crippen LogP contribution is -3.10. The van der Waals surface area contributed by atoms with Crippen LogP contribution >= 0.6 is 0 Å². The number of rotatable bonds is 4. The minimum Gasteiger partial charge on any atom is -0.627 e. The van der Waals surface area contributed by atoms with Crippen molar-refractivity contribution in [2.45, 2.75) is 13.0 Å². The number of quaternary nitrogens is 1. The van der Waals surface area contributed by atoms with E-state index in [-0.39, 0.29) is 42.6 Å². The molecule has 1 aromatic rings. The Morgan fingerprint density at radius 3 is 2.77 bits per heavy atom. The molecule has 26 heavy (non-hydrogen) atoms. The molecule has 1 N–H and O–H groups in total. The largest absolute Gasteiger partial charge is 0.627 e. The lowest BCUT2D eigenvalue weighted by atomic mass is 10.2. The molecule has 0 bridgehead atoms. The van der Waals surface area contributed by atoms with E-state index in [2.05, 4.69) is 0 Å². The van der Waals surface area contributed by atoms with Crippen LogP contribution in [0.2, 0.25) is 0 Å². The van der Waals surface area contributed by atoms with Crippen molar-refractivity contribution in [2.24, 2.45) is 0 Å². The summed E-state index contributed by atoms with van der Waals surface area (Å²) < 4.78 is 42.5. The third-order valence-electron chi connectivity index (χ3n) is 4.29. The molecular weight excluding hydrogens is 369 g/mol. The van der Waals surface area contributed by atoms with Crippen LogP contribution in [0.3, 0.4) is 0 Å². The zero-order valence-electron chi connectivity index (χ0n) is 14.0. The van der Waals surface area contributed by atoms with Gasteiger partial charge in [-0.05, 0) is 18.2 Å². The fraction of sp³-hybridized carbons (Fsp3) is 0.467. The maximum Gasteiger partial charge on any atom is 0.414 e. The van der Waals surface area contributed by atoms with Gasteiger partial charge in [0.25, 0.3) is 0 Å². The van der Waals surface area contributed by atoms with Gasteiger partial charge in [-0.3, -0.25) is 4.90 Å². The zero-order valence-corrected chi connectivity index (χ0v) is 14.8. The van der Waals surface area contributed by atoms with Crippen molar-refractivity contribution in [1.82, 2.24) is 0 Å². The number of amides is 2. The third kappa shape index (κ3) is 3.79. The van der Waals surface area contributed by atoms with Gasteiger partial charge in [-0.15, -0.1) is 0 Å². The summed E-state index contributed by atoms with van der Waals surface area (Å²) in [5.74, 6) is -1.55. The van der Waals surface area contributed by atoms with Gasteiger partial charge in [0, 0.05) is 6.54 Å². The number of halogens is 1. The maximum atomic E-state index is 14.4. The van der Waals surface area contributed by atoms with Gasteiger partial charge < -0.3 is 19.9 Å². The molecule has 0 aromatic heterocycles. The van der Waals surface area contributed by atoms with E-state index in [0.29, 0.717) is 0 Å². The fourth-order valence-corrected chi connectivity index (χ4v) is 4.29. The molecule has 2 amide bonds. The van der Waals surface area contributed by atoms with Crippen LogP contribution in [0.15, 0.2) is 18.2 Å². The number of carbonyl (C=O) groups excluding carboxylic acids is 2. The summed E-state index contributed by atoms with van der Waals surface area (Å²) in [4.78, 5) is 25.6. The molecule has 2 heterocycles. The molecule has 1 unspecified atom stereocenters. The Hall–Kier alpha value is -2.24. The number of sulfone groups is 1. The van der Waals surface area contributed by atoms with Crippen molar-refractivity contribution in [3.05, 3.63) is 29.2 Å². The van der Waals surface area contributed by atoms with E-state index < -0.39 is 38.8 Å². The average molecular weight is 387 g/mol. The molecule has 0 radical (unpaired) electrons. The fourth-order valence-electron chi connectivity index (χ4n) is 2.92. The second-order valence-electron chi connectivity index (χ2n) is 6.28. The Balaban J connectivity index is 1.73. The highest BCUT2D eigenvalue weighted by Gasteiger charge is 2.35. The number of nitrogens with one attached hydrogen (secondary N) is 1. The van der Waals surface area contributed by atoms with Gasteiger partial charge in [-0.1, -0.05) is 0 Å². The van der Waals surface area contributed by atoms with Crippen LogP contribution in [-0.4, -0.2) is 57.8 Å². The average Bonchev–Trinajstić information content (AvgIpc) is 3.09. The van der Waals surface area contributed by atoms with Crippen LogP contribution in [0, 0.1) is 11.0 Å². The maximum absolute atomic E-state index is 14.4. The molecule has 1 aromatic carbocycles. The highest BCUT2D eigenvalue weighted by molar-refractivity contribution is 7.91. The first kappa shape index (κ1) is 18.5. The van der Waals surface area contributed by atoms with Crippen LogP contribution in [0.5, 0.6) is 0 Å². The summed E-state index contributed by atoms with van der Waals surface area (Å²) in [5, 5.41) is 10.8. The smallest absolute Gasteiger partial charge is 0.414 e. The van der Waals surface area contributed by atoms with Crippen molar-refractivity contribution in [1.29, 1.82) is 0 Å². The molecule has 2 saturated heterocycles. The van der Waals surface area contributed by atoms with E-state index in [1.54, 1.807) is 0 Å². The van der Waals surface area contributed by atoms with E-state index in [1.807, 2.05) is 0 Å². The summed E-state index contributed by atoms with van der Waals surface area (Å²) in [6, 6.07) is 4.02. The summed E-state index contributed by atoms with van der Waals surface area (Å²) in [6.07, 6.45) is -1.51. The highest BCUT2D eigenvalue weighted by Crippen LogP contribution is 2.29. The topological polar surface area (TPSA) is 111 Å². The van der Waals surface area contributed by atoms with Crippen molar-refractivity contribution >= 4 is 33.2 Å². The quantitative estimate of drug-likeness (QED) is 0.678. The molecule has 0 aliphatic carbocycles. The van der Waals surface area contributed by atoms with E-state index in [9.17, 15) is 27.6 Å². The van der Waals surface area contributed by atoms with E-state index in [0.717, 1.165) is 13.0 Å². The van der Waals surface area contributed by atoms with Crippen LogP contribution < -0.4 is 14.9 Å². The lowest BCUT2D eigenvalue weighted by molar-refractivity contribution is -0.768. The Morgan fingerprint density at radius 2 is 2.19 bits per heavy atom. The van der Waals surface area contributed by atoms with Gasteiger partial charge in [-0.2, -0.15) is 0 Å². The van der Waals surface area contributed by atoms with Crippen LogP contribution in [0.25, 0.3) is 0 Å². The van der Waals surface area contributed by atoms with Crippen molar-refractivity contribution in [2.75, 3.05) is 41.1 Å². The van der Waals surface area contributed by atoms with Gasteiger partial charge in [-0.25, -0.2) is 22.4 Å². The molecule has 2 aliphatic heterocycles. The van der Waals surface area contributed by atoms with Gasteiger partial charge in [0.1, 0.15) is 18.2 Å². The minimum absolute atomic E-state index is 0.0226. The van der Waals surface area contributed by atoms with E-state index >= 15 is 0 Å². The van der Waals surface area contributed by atoms with Gasteiger partial charge >= 0.3 is 12.0 Å². The molecule has 11 heteroatoms. The summed E-state index contributed by atoms with van der Waals surface area (Å²) >= 11 is 0. The van der Waals surface area contributed by atoms with E-state index in [1.165, 1.54) is 21.9 Å². The first-order valence-corrected chi connectivity index (χ1v) is 9.75. The Labute approximate surface area is 149 Å². The first-order chi connectivity index (χ1) is 12.2. The monoisotopic (exact) mass is 387 g/mol. The molecule has 2 atom stereocenters.